The summed E-state index contributed by atoms with van der Waals surface area (Å²) in [5.41, 5.74) is 0.829. The van der Waals surface area contributed by atoms with Gasteiger partial charge in [-0.15, -0.1) is 0 Å². The number of halogens is 1. The third-order valence-electron chi connectivity index (χ3n) is 2.69. The van der Waals surface area contributed by atoms with Crippen LogP contribution in [0.15, 0.2) is 36.4 Å². The van der Waals surface area contributed by atoms with Gasteiger partial charge in [-0.1, -0.05) is 23.7 Å². The van der Waals surface area contributed by atoms with E-state index in [2.05, 4.69) is 26.1 Å². The highest BCUT2D eigenvalue weighted by molar-refractivity contribution is 6.30. The summed E-state index contributed by atoms with van der Waals surface area (Å²) in [6.07, 6.45) is 0.572. The van der Waals surface area contributed by atoms with Gasteiger partial charge in [0.2, 0.25) is 0 Å². The van der Waals surface area contributed by atoms with E-state index in [9.17, 15) is 14.7 Å². The minimum absolute atomic E-state index is 0.0149. The SMILES string of the molecule is C[C@H](NC(C)(C)C)[C@H](O)c1cccc(Cl)c1.O=C(O)C=CC(=O)O. The molecule has 0 heterocycles. The molecule has 0 radical (unpaired) electrons. The van der Waals surface area contributed by atoms with Crippen LogP contribution in [-0.2, 0) is 9.59 Å². The number of hydrogen-bond acceptors (Lipinski definition) is 4. The van der Waals surface area contributed by atoms with E-state index in [0.29, 0.717) is 17.2 Å². The fourth-order valence-electron chi connectivity index (χ4n) is 1.88. The van der Waals surface area contributed by atoms with Crippen LogP contribution < -0.4 is 5.32 Å². The van der Waals surface area contributed by atoms with Crippen LogP contribution >= 0.6 is 11.6 Å². The van der Waals surface area contributed by atoms with Crippen molar-refractivity contribution in [2.45, 2.75) is 45.4 Å². The summed E-state index contributed by atoms with van der Waals surface area (Å²) in [4.78, 5) is 19.1. The van der Waals surface area contributed by atoms with E-state index in [0.717, 1.165) is 5.56 Å². The topological polar surface area (TPSA) is 107 Å². The third-order valence-corrected chi connectivity index (χ3v) is 2.93. The molecule has 24 heavy (non-hydrogen) atoms. The lowest BCUT2D eigenvalue weighted by Gasteiger charge is -2.29. The van der Waals surface area contributed by atoms with Gasteiger partial charge in [0.1, 0.15) is 0 Å². The van der Waals surface area contributed by atoms with Gasteiger partial charge >= 0.3 is 11.9 Å². The number of carboxylic acid groups (broad SMARTS) is 2. The van der Waals surface area contributed by atoms with Crippen molar-refractivity contribution < 1.29 is 24.9 Å². The fraction of sp³-hybridized carbons (Fsp3) is 0.412. The molecule has 7 heteroatoms. The summed E-state index contributed by atoms with van der Waals surface area (Å²) >= 11 is 5.90. The molecule has 0 aliphatic carbocycles. The van der Waals surface area contributed by atoms with Gasteiger partial charge in [-0.2, -0.15) is 0 Å². The average Bonchev–Trinajstić information content (AvgIpc) is 2.43. The standard InChI is InChI=1S/C13H20ClNO.C4H4O4/c1-9(15-13(2,3)4)12(16)10-6-5-7-11(14)8-10;5-3(6)1-2-4(7)8/h5-9,12,15-16H,1-4H3;1-2H,(H,5,6)(H,7,8)/t9-,12-;/m0./s1. The van der Waals surface area contributed by atoms with Gasteiger partial charge in [0.25, 0.3) is 0 Å². The van der Waals surface area contributed by atoms with E-state index >= 15 is 0 Å². The van der Waals surface area contributed by atoms with Crippen molar-refractivity contribution in [1.29, 1.82) is 0 Å². The third kappa shape index (κ3) is 10.8. The molecule has 1 aromatic carbocycles. The second-order valence-corrected chi connectivity index (χ2v) is 6.63. The van der Waals surface area contributed by atoms with Crippen molar-refractivity contribution in [1.82, 2.24) is 5.32 Å². The first-order valence-electron chi connectivity index (χ1n) is 7.27. The Morgan fingerprint density at radius 3 is 2.04 bits per heavy atom. The molecule has 0 bridgehead atoms. The van der Waals surface area contributed by atoms with E-state index in [1.54, 1.807) is 12.1 Å². The number of aliphatic hydroxyl groups is 1. The number of hydrogen-bond donors (Lipinski definition) is 4. The molecule has 0 saturated carbocycles. The average molecular weight is 358 g/mol. The predicted octanol–water partition coefficient (Wildman–Crippen LogP) is 2.86. The Morgan fingerprint density at radius 1 is 1.17 bits per heavy atom. The van der Waals surface area contributed by atoms with Crippen LogP contribution in [0.1, 0.15) is 39.4 Å². The van der Waals surface area contributed by atoms with Crippen LogP contribution in [0.5, 0.6) is 0 Å². The van der Waals surface area contributed by atoms with Crippen molar-refractivity contribution in [3.8, 4) is 0 Å². The molecule has 4 N–H and O–H groups in total. The van der Waals surface area contributed by atoms with Gasteiger partial charge in [-0.3, -0.25) is 0 Å². The molecule has 6 nitrogen and oxygen atoms in total. The first kappa shape index (κ1) is 22.1. The first-order chi connectivity index (χ1) is 10.9. The van der Waals surface area contributed by atoms with Crippen LogP contribution in [0.2, 0.25) is 5.02 Å². The summed E-state index contributed by atoms with van der Waals surface area (Å²) in [5.74, 6) is -2.51. The summed E-state index contributed by atoms with van der Waals surface area (Å²) in [7, 11) is 0. The van der Waals surface area contributed by atoms with Gasteiger partial charge in [0.15, 0.2) is 0 Å². The first-order valence-corrected chi connectivity index (χ1v) is 7.65. The zero-order valence-corrected chi connectivity index (χ0v) is 14.9. The maximum Gasteiger partial charge on any atom is 0.328 e. The molecule has 1 aromatic rings. The molecule has 0 saturated heterocycles. The molecule has 2 atom stereocenters. The number of carbonyl (C=O) groups is 2. The molecular formula is C17H24ClNO5. The van der Waals surface area contributed by atoms with Crippen molar-refractivity contribution in [3.63, 3.8) is 0 Å². The lowest BCUT2D eigenvalue weighted by atomic mass is 10.00. The highest BCUT2D eigenvalue weighted by atomic mass is 35.5. The molecule has 134 valence electrons. The molecule has 0 amide bonds. The van der Waals surface area contributed by atoms with Gasteiger partial charge in [-0.25, -0.2) is 9.59 Å². The lowest BCUT2D eigenvalue weighted by Crippen LogP contribution is -2.44. The van der Waals surface area contributed by atoms with Gasteiger partial charge in [-0.05, 0) is 45.4 Å². The second-order valence-electron chi connectivity index (χ2n) is 6.19. The number of rotatable bonds is 5. The minimum Gasteiger partial charge on any atom is -0.478 e. The largest absolute Gasteiger partial charge is 0.478 e. The Balaban J connectivity index is 0.000000561. The highest BCUT2D eigenvalue weighted by Gasteiger charge is 2.21. The van der Waals surface area contributed by atoms with Gasteiger partial charge < -0.3 is 20.6 Å². The fourth-order valence-corrected chi connectivity index (χ4v) is 2.08. The van der Waals surface area contributed by atoms with E-state index < -0.39 is 18.0 Å². The van der Waals surface area contributed by atoms with Crippen molar-refractivity contribution in [3.05, 3.63) is 47.0 Å². The van der Waals surface area contributed by atoms with Crippen LogP contribution in [0.4, 0.5) is 0 Å². The molecule has 1 rings (SSSR count). The Bertz CT molecular complexity index is 565. The zero-order valence-electron chi connectivity index (χ0n) is 14.2. The van der Waals surface area contributed by atoms with E-state index in [4.69, 9.17) is 21.8 Å². The molecule has 0 spiro atoms. The predicted molar refractivity (Wildman–Crippen MR) is 93.2 cm³/mol. The number of carboxylic acids is 2. The summed E-state index contributed by atoms with van der Waals surface area (Å²) < 4.78 is 0. The molecule has 0 aliphatic heterocycles. The number of nitrogens with one attached hydrogen (secondary N) is 1. The van der Waals surface area contributed by atoms with Crippen LogP contribution in [-0.4, -0.2) is 38.8 Å². The number of aliphatic hydroxyl groups excluding tert-OH is 1. The van der Waals surface area contributed by atoms with Crippen molar-refractivity contribution >= 4 is 23.5 Å². The number of aliphatic carboxylic acids is 2. The molecule has 0 aliphatic rings. The second kappa shape index (κ2) is 10.1. The zero-order chi connectivity index (χ0) is 18.9. The highest BCUT2D eigenvalue weighted by Crippen LogP contribution is 2.21. The summed E-state index contributed by atoms with van der Waals surface area (Å²) in [6.45, 7) is 8.20. The van der Waals surface area contributed by atoms with Crippen LogP contribution in [0.3, 0.4) is 0 Å². The lowest BCUT2D eigenvalue weighted by molar-refractivity contribution is -0.134. The van der Waals surface area contributed by atoms with Crippen molar-refractivity contribution in [2.24, 2.45) is 0 Å². The Kier molecular flexibility index (Phi) is 9.28. The van der Waals surface area contributed by atoms with Gasteiger partial charge in [0, 0.05) is 28.8 Å². The Morgan fingerprint density at radius 2 is 1.67 bits per heavy atom. The molecule has 0 fully saturated rings. The monoisotopic (exact) mass is 357 g/mol. The quantitative estimate of drug-likeness (QED) is 0.604. The summed E-state index contributed by atoms with van der Waals surface area (Å²) in [6, 6.07) is 7.33. The van der Waals surface area contributed by atoms with E-state index in [1.165, 1.54) is 0 Å². The van der Waals surface area contributed by atoms with E-state index in [-0.39, 0.29) is 11.6 Å². The van der Waals surface area contributed by atoms with Crippen LogP contribution in [0, 0.1) is 0 Å². The van der Waals surface area contributed by atoms with E-state index in [1.807, 2.05) is 19.1 Å². The maximum atomic E-state index is 10.2. The van der Waals surface area contributed by atoms with Crippen LogP contribution in [0.25, 0.3) is 0 Å². The Hall–Kier alpha value is -1.89. The minimum atomic E-state index is -1.26. The normalized spacial score (nSPS) is 13.8. The van der Waals surface area contributed by atoms with Crippen molar-refractivity contribution in [2.75, 3.05) is 0 Å². The number of benzene rings is 1. The summed E-state index contributed by atoms with van der Waals surface area (Å²) in [5, 5.41) is 29.8. The molecular weight excluding hydrogens is 334 g/mol. The Labute approximate surface area is 146 Å². The molecule has 0 unspecified atom stereocenters. The smallest absolute Gasteiger partial charge is 0.328 e. The van der Waals surface area contributed by atoms with Gasteiger partial charge in [0.05, 0.1) is 6.10 Å². The maximum absolute atomic E-state index is 10.2. The molecule has 0 aromatic heterocycles.